The Balaban J connectivity index is 1.26. The molecule has 1 aliphatic carbocycles. The number of aromatic hydroxyl groups is 1. The average molecular weight is 624 g/mol. The molecule has 0 bridgehead atoms. The minimum absolute atomic E-state index is 0.157. The van der Waals surface area contributed by atoms with Crippen molar-refractivity contribution in [3.05, 3.63) is 74.2 Å². The zero-order valence-corrected chi connectivity index (χ0v) is 25.0. The molecule has 40 heavy (non-hydrogen) atoms. The highest BCUT2D eigenvalue weighted by Gasteiger charge is 2.36. The van der Waals surface area contributed by atoms with E-state index in [2.05, 4.69) is 72.8 Å². The monoisotopic (exact) mass is 622 g/mol. The van der Waals surface area contributed by atoms with Crippen LogP contribution in [0.4, 0.5) is 0 Å². The third-order valence-electron chi connectivity index (χ3n) is 8.88. The molecule has 0 radical (unpaired) electrons. The molecule has 0 amide bonds. The molecule has 1 saturated heterocycles. The van der Waals surface area contributed by atoms with Crippen molar-refractivity contribution in [2.75, 3.05) is 39.5 Å². The lowest BCUT2D eigenvalue weighted by atomic mass is 9.93. The van der Waals surface area contributed by atoms with Crippen molar-refractivity contribution in [3.8, 4) is 11.6 Å². The van der Waals surface area contributed by atoms with Crippen LogP contribution in [0.25, 0.3) is 10.9 Å². The fraction of sp³-hybridized carbons (Fsp3) is 0.452. The summed E-state index contributed by atoms with van der Waals surface area (Å²) in [5, 5.41) is 12.8. The third-order valence-corrected chi connectivity index (χ3v) is 9.77. The van der Waals surface area contributed by atoms with Crippen molar-refractivity contribution in [2.45, 2.75) is 50.6 Å². The SMILES string of the molecule is Oc1c2n(c(=S)n1C1CCCCC1)C(c1ccc(OCCN3CCOCC3)cc1)c1[nH]c3ccc(Br)cc3c1C2. The van der Waals surface area contributed by atoms with Crippen molar-refractivity contribution >= 4 is 39.1 Å². The smallest absolute Gasteiger partial charge is 0.214 e. The van der Waals surface area contributed by atoms with Gasteiger partial charge in [-0.25, -0.2) is 0 Å². The summed E-state index contributed by atoms with van der Waals surface area (Å²) in [7, 11) is 0. The molecule has 0 spiro atoms. The zero-order chi connectivity index (χ0) is 27.2. The fourth-order valence-electron chi connectivity index (χ4n) is 6.81. The van der Waals surface area contributed by atoms with Gasteiger partial charge in [0.05, 0.1) is 18.9 Å². The molecule has 7 nitrogen and oxygen atoms in total. The maximum atomic E-state index is 11.6. The number of imidazole rings is 1. The van der Waals surface area contributed by atoms with Gasteiger partial charge in [-0.3, -0.25) is 9.47 Å². The predicted molar refractivity (Wildman–Crippen MR) is 162 cm³/mol. The van der Waals surface area contributed by atoms with Gasteiger partial charge < -0.3 is 24.1 Å². The fourth-order valence-corrected chi connectivity index (χ4v) is 7.62. The van der Waals surface area contributed by atoms with Crippen LogP contribution in [-0.2, 0) is 11.2 Å². The van der Waals surface area contributed by atoms with E-state index >= 15 is 0 Å². The quantitative estimate of drug-likeness (QED) is 0.206. The van der Waals surface area contributed by atoms with Crippen LogP contribution in [-0.4, -0.2) is 63.6 Å². The molecule has 3 aliphatic rings. The van der Waals surface area contributed by atoms with Crippen LogP contribution in [0.1, 0.15) is 66.7 Å². The van der Waals surface area contributed by atoms with Gasteiger partial charge in [0.2, 0.25) is 5.88 Å². The Kier molecular flexibility index (Phi) is 7.24. The molecule has 9 heteroatoms. The Morgan fingerprint density at radius 1 is 1.02 bits per heavy atom. The molecule has 2 aromatic heterocycles. The number of fused-ring (bicyclic) bond motifs is 4. The summed E-state index contributed by atoms with van der Waals surface area (Å²) in [6, 6.07) is 14.9. The highest BCUT2D eigenvalue weighted by molar-refractivity contribution is 9.10. The van der Waals surface area contributed by atoms with Gasteiger partial charge in [-0.2, -0.15) is 0 Å². The lowest BCUT2D eigenvalue weighted by Gasteiger charge is -2.27. The van der Waals surface area contributed by atoms with E-state index in [0.29, 0.717) is 23.7 Å². The van der Waals surface area contributed by atoms with Crippen molar-refractivity contribution in [1.29, 1.82) is 0 Å². The topological polar surface area (TPSA) is 67.6 Å². The van der Waals surface area contributed by atoms with Crippen LogP contribution in [0.2, 0.25) is 0 Å². The minimum atomic E-state index is -0.157. The number of nitrogens with zero attached hydrogens (tertiary/aromatic N) is 3. The van der Waals surface area contributed by atoms with Gasteiger partial charge in [-0.15, -0.1) is 0 Å². The Hall–Kier alpha value is -2.59. The van der Waals surface area contributed by atoms with E-state index in [1.807, 2.05) is 4.57 Å². The summed E-state index contributed by atoms with van der Waals surface area (Å²) in [4.78, 5) is 6.11. The molecule has 4 aromatic rings. The number of morpholine rings is 1. The Labute approximate surface area is 247 Å². The maximum Gasteiger partial charge on any atom is 0.214 e. The largest absolute Gasteiger partial charge is 0.493 e. The van der Waals surface area contributed by atoms with Crippen LogP contribution in [0.15, 0.2) is 46.9 Å². The number of ether oxygens (including phenoxy) is 2. The summed E-state index contributed by atoms with van der Waals surface area (Å²) >= 11 is 9.80. The Bertz CT molecular complexity index is 1580. The molecule has 1 saturated carbocycles. The first-order valence-electron chi connectivity index (χ1n) is 14.5. The second-order valence-electron chi connectivity index (χ2n) is 11.2. The highest BCUT2D eigenvalue weighted by Crippen LogP contribution is 2.45. The van der Waals surface area contributed by atoms with Crippen LogP contribution < -0.4 is 4.74 Å². The lowest BCUT2D eigenvalue weighted by Crippen LogP contribution is -2.38. The number of halogens is 1. The third kappa shape index (κ3) is 4.70. The van der Waals surface area contributed by atoms with Gasteiger partial charge in [0.25, 0.3) is 0 Å². The zero-order valence-electron chi connectivity index (χ0n) is 22.6. The van der Waals surface area contributed by atoms with E-state index in [0.717, 1.165) is 78.4 Å². The van der Waals surface area contributed by atoms with E-state index in [4.69, 9.17) is 21.7 Å². The van der Waals surface area contributed by atoms with E-state index in [1.165, 1.54) is 30.2 Å². The van der Waals surface area contributed by atoms with Gasteiger partial charge in [0.1, 0.15) is 18.4 Å². The lowest BCUT2D eigenvalue weighted by molar-refractivity contribution is 0.0322. The van der Waals surface area contributed by atoms with E-state index in [1.54, 1.807) is 0 Å². The van der Waals surface area contributed by atoms with Crippen LogP contribution in [0, 0.1) is 4.77 Å². The second kappa shape index (κ2) is 11.0. The first-order valence-corrected chi connectivity index (χ1v) is 15.7. The summed E-state index contributed by atoms with van der Waals surface area (Å²) in [6.45, 7) is 5.06. The molecule has 1 atom stereocenters. The number of hydrogen-bond donors (Lipinski definition) is 2. The number of H-pyrrole nitrogens is 1. The summed E-state index contributed by atoms with van der Waals surface area (Å²) in [5.74, 6) is 1.19. The number of nitrogens with one attached hydrogen (secondary N) is 1. The molecule has 210 valence electrons. The van der Waals surface area contributed by atoms with Crippen LogP contribution in [0.3, 0.4) is 0 Å². The molecule has 2 N–H and O–H groups in total. The number of aromatic nitrogens is 3. The Morgan fingerprint density at radius 2 is 1.80 bits per heavy atom. The van der Waals surface area contributed by atoms with Gasteiger partial charge in [0.15, 0.2) is 4.77 Å². The van der Waals surface area contributed by atoms with Gasteiger partial charge >= 0.3 is 0 Å². The van der Waals surface area contributed by atoms with Crippen LogP contribution in [0.5, 0.6) is 11.6 Å². The first-order chi connectivity index (χ1) is 19.6. The standard InChI is InChI=1S/C31H35BrN4O3S/c32-21-8-11-26-24(18-21)25-19-27-30(37)35(22-4-2-1-3-5-22)31(40)36(27)29(28(25)33-26)20-6-9-23(10-7-20)39-17-14-34-12-15-38-16-13-34/h6-11,18,22,29,33,37H,1-5,12-17,19H2. The van der Waals surface area contributed by atoms with Gasteiger partial charge in [-0.1, -0.05) is 47.3 Å². The highest BCUT2D eigenvalue weighted by atomic mass is 79.9. The van der Waals surface area contributed by atoms with Crippen molar-refractivity contribution in [1.82, 2.24) is 19.0 Å². The van der Waals surface area contributed by atoms with Crippen molar-refractivity contribution < 1.29 is 14.6 Å². The summed E-state index contributed by atoms with van der Waals surface area (Å²) < 4.78 is 17.6. The first kappa shape index (κ1) is 26.3. The predicted octanol–water partition coefficient (Wildman–Crippen LogP) is 6.73. The maximum absolute atomic E-state index is 11.6. The van der Waals surface area contributed by atoms with E-state index in [9.17, 15) is 5.11 Å². The number of benzene rings is 2. The van der Waals surface area contributed by atoms with Crippen LogP contribution >= 0.6 is 28.1 Å². The molecule has 7 rings (SSSR count). The van der Waals surface area contributed by atoms with Gasteiger partial charge in [-0.05, 0) is 66.5 Å². The molecule has 2 fully saturated rings. The normalized spacial score (nSPS) is 20.0. The summed E-state index contributed by atoms with van der Waals surface area (Å²) in [5.41, 5.74) is 5.47. The number of aromatic amines is 1. The number of rotatable bonds is 6. The van der Waals surface area contributed by atoms with Crippen molar-refractivity contribution in [3.63, 3.8) is 0 Å². The van der Waals surface area contributed by atoms with E-state index < -0.39 is 0 Å². The minimum Gasteiger partial charge on any atom is -0.493 e. The van der Waals surface area contributed by atoms with Gasteiger partial charge in [0, 0.05) is 53.2 Å². The average Bonchev–Trinajstić information content (AvgIpc) is 3.47. The Morgan fingerprint density at radius 3 is 2.58 bits per heavy atom. The van der Waals surface area contributed by atoms with Crippen molar-refractivity contribution in [2.24, 2.45) is 0 Å². The second-order valence-corrected chi connectivity index (χ2v) is 12.5. The van der Waals surface area contributed by atoms with E-state index in [-0.39, 0.29) is 12.1 Å². The molecule has 1 unspecified atom stereocenters. The molecule has 2 aromatic carbocycles. The summed E-state index contributed by atoms with van der Waals surface area (Å²) in [6.07, 6.45) is 6.38. The molecular weight excluding hydrogens is 588 g/mol. The number of hydrogen-bond acceptors (Lipinski definition) is 5. The molecule has 4 heterocycles. The molecule has 2 aliphatic heterocycles. The molecular formula is C31H35BrN4O3S.